The number of nitriles is 11. The van der Waals surface area contributed by atoms with Gasteiger partial charge in [0.05, 0.1) is 39.0 Å². The van der Waals surface area contributed by atoms with Gasteiger partial charge in [-0.15, -0.1) is 0 Å². The van der Waals surface area contributed by atoms with E-state index < -0.39 is 11.1 Å². The van der Waals surface area contributed by atoms with Crippen molar-refractivity contribution >= 4 is 33.4 Å². The van der Waals surface area contributed by atoms with Gasteiger partial charge in [-0.05, 0) is 47.0 Å². The molecule has 0 atom stereocenters. The van der Waals surface area contributed by atoms with Crippen molar-refractivity contribution in [1.29, 1.82) is 57.9 Å². The maximum absolute atomic E-state index is 10.7. The highest BCUT2D eigenvalue weighted by Crippen LogP contribution is 2.56. The Morgan fingerprint density at radius 1 is 0.396 bits per heavy atom. The SMILES string of the molecule is N#CC(C#N)=C1C(c2ccc(C#N)c(C#N)c2)=C(C#N)c2c1cc1c(c2C#N)C(=C(C#N)C#N)C(c2ccc(C#N)c(C#N)c2)=C1C#N. The molecule has 2 aliphatic rings. The van der Waals surface area contributed by atoms with Crippen LogP contribution in [0.3, 0.4) is 0 Å². The zero-order valence-electron chi connectivity index (χ0n) is 24.0. The molecule has 0 aliphatic heterocycles. The van der Waals surface area contributed by atoms with Crippen molar-refractivity contribution in [3.63, 3.8) is 0 Å². The number of rotatable bonds is 2. The third-order valence-electron chi connectivity index (χ3n) is 7.75. The Balaban J connectivity index is 2.02. The van der Waals surface area contributed by atoms with E-state index in [1.807, 2.05) is 48.6 Å². The molecule has 0 radical (unpaired) electrons. The van der Waals surface area contributed by atoms with Crippen LogP contribution in [-0.2, 0) is 0 Å². The minimum absolute atomic E-state index is 0.0200. The second-order valence-electron chi connectivity index (χ2n) is 9.85. The van der Waals surface area contributed by atoms with E-state index in [2.05, 4.69) is 6.07 Å². The fourth-order valence-electron chi connectivity index (χ4n) is 5.85. The van der Waals surface area contributed by atoms with Crippen molar-refractivity contribution in [3.8, 4) is 66.8 Å². The molecule has 11 heteroatoms. The van der Waals surface area contributed by atoms with Crippen LogP contribution in [0.25, 0.3) is 33.4 Å². The molecule has 11 nitrogen and oxygen atoms in total. The maximum Gasteiger partial charge on any atom is 0.138 e. The smallest absolute Gasteiger partial charge is 0.138 e. The third kappa shape index (κ3) is 4.19. The van der Waals surface area contributed by atoms with Gasteiger partial charge in [-0.2, -0.15) is 57.9 Å². The van der Waals surface area contributed by atoms with Gasteiger partial charge in [0.15, 0.2) is 0 Å². The van der Waals surface area contributed by atoms with Gasteiger partial charge >= 0.3 is 0 Å². The second kappa shape index (κ2) is 11.9. The lowest BCUT2D eigenvalue weighted by Gasteiger charge is -2.13. The lowest BCUT2D eigenvalue weighted by molar-refractivity contribution is 1.40. The van der Waals surface area contributed by atoms with E-state index in [4.69, 9.17) is 0 Å². The summed E-state index contributed by atoms with van der Waals surface area (Å²) in [5.41, 5.74) is -1.29. The molecule has 210 valence electrons. The first-order valence-electron chi connectivity index (χ1n) is 13.3. The summed E-state index contributed by atoms with van der Waals surface area (Å²) in [5, 5.41) is 110. The maximum atomic E-state index is 10.7. The van der Waals surface area contributed by atoms with E-state index in [-0.39, 0.29) is 94.6 Å². The highest BCUT2D eigenvalue weighted by atomic mass is 14.4. The number of fused-ring (bicyclic) bond motifs is 2. The van der Waals surface area contributed by atoms with Crippen LogP contribution in [-0.4, -0.2) is 0 Å². The molecule has 0 saturated carbocycles. The zero-order chi connectivity index (χ0) is 34.7. The summed E-state index contributed by atoms with van der Waals surface area (Å²) in [6, 6.07) is 30.5. The van der Waals surface area contributed by atoms with Crippen LogP contribution in [0.4, 0.5) is 0 Å². The van der Waals surface area contributed by atoms with Crippen LogP contribution in [0.1, 0.15) is 61.2 Å². The Labute approximate surface area is 272 Å². The quantitative estimate of drug-likeness (QED) is 0.327. The summed E-state index contributed by atoms with van der Waals surface area (Å²) in [4.78, 5) is 0. The molecule has 3 aromatic carbocycles. The molecule has 0 amide bonds. The van der Waals surface area contributed by atoms with Gasteiger partial charge < -0.3 is 0 Å². The summed E-state index contributed by atoms with van der Waals surface area (Å²) in [6.45, 7) is 0. The summed E-state index contributed by atoms with van der Waals surface area (Å²) in [7, 11) is 0. The Hall–Kier alpha value is -8.99. The minimum Gasteiger partial charge on any atom is -0.192 e. The van der Waals surface area contributed by atoms with Crippen LogP contribution in [0.5, 0.6) is 0 Å². The first-order chi connectivity index (χ1) is 23.4. The average molecular weight is 606 g/mol. The lowest BCUT2D eigenvalue weighted by atomic mass is 9.86. The molecule has 0 aromatic heterocycles. The summed E-state index contributed by atoms with van der Waals surface area (Å²) in [6.07, 6.45) is 0. The normalized spacial score (nSPS) is 11.7. The first-order valence-corrected chi connectivity index (χ1v) is 13.3. The van der Waals surface area contributed by atoms with Gasteiger partial charge in [0.2, 0.25) is 0 Å². The molecule has 0 heterocycles. The van der Waals surface area contributed by atoms with Crippen LogP contribution < -0.4 is 0 Å². The van der Waals surface area contributed by atoms with E-state index in [0.717, 1.165) is 0 Å². The van der Waals surface area contributed by atoms with Gasteiger partial charge in [-0.25, -0.2) is 0 Å². The molecule has 2 aliphatic carbocycles. The Morgan fingerprint density at radius 3 is 1.27 bits per heavy atom. The molecule has 0 N–H and O–H groups in total. The Morgan fingerprint density at radius 2 is 0.854 bits per heavy atom. The molecule has 0 fully saturated rings. The number of hydrogen-bond donors (Lipinski definition) is 0. The number of nitrogens with zero attached hydrogens (tertiary/aromatic N) is 11. The van der Waals surface area contributed by atoms with E-state index in [1.165, 1.54) is 42.5 Å². The fraction of sp³-hybridized carbons (Fsp3) is 0. The molecule has 0 unspecified atom stereocenters. The van der Waals surface area contributed by atoms with Gasteiger partial charge in [-0.1, -0.05) is 12.1 Å². The largest absolute Gasteiger partial charge is 0.192 e. The average Bonchev–Trinajstić information content (AvgIpc) is 3.63. The number of hydrogen-bond acceptors (Lipinski definition) is 11. The van der Waals surface area contributed by atoms with Crippen molar-refractivity contribution in [2.24, 2.45) is 0 Å². The third-order valence-corrected chi connectivity index (χ3v) is 7.75. The van der Waals surface area contributed by atoms with Crippen molar-refractivity contribution in [3.05, 3.63) is 115 Å². The van der Waals surface area contributed by atoms with E-state index in [0.29, 0.717) is 0 Å². The highest BCUT2D eigenvalue weighted by Gasteiger charge is 2.40. The lowest BCUT2D eigenvalue weighted by Crippen LogP contribution is -2.01. The number of allylic oxidation sites excluding steroid dienone is 8. The summed E-state index contributed by atoms with van der Waals surface area (Å²) in [5.74, 6) is 0. The number of benzene rings is 3. The molecule has 0 saturated heterocycles. The monoisotopic (exact) mass is 605 g/mol. The summed E-state index contributed by atoms with van der Waals surface area (Å²) < 4.78 is 0. The van der Waals surface area contributed by atoms with Gasteiger partial charge in [0, 0.05) is 39.0 Å². The van der Waals surface area contributed by atoms with Crippen LogP contribution >= 0.6 is 0 Å². The zero-order valence-corrected chi connectivity index (χ0v) is 24.0. The van der Waals surface area contributed by atoms with Crippen molar-refractivity contribution in [1.82, 2.24) is 0 Å². The fourth-order valence-corrected chi connectivity index (χ4v) is 5.85. The Kier molecular flexibility index (Phi) is 7.58. The minimum atomic E-state index is -0.493. The molecular weight excluding hydrogens is 598 g/mol. The molecule has 3 aromatic rings. The Bertz CT molecular complexity index is 2690. The summed E-state index contributed by atoms with van der Waals surface area (Å²) >= 11 is 0. The first kappa shape index (κ1) is 30.5. The van der Waals surface area contributed by atoms with Crippen molar-refractivity contribution in [2.75, 3.05) is 0 Å². The topological polar surface area (TPSA) is 262 Å². The van der Waals surface area contributed by atoms with E-state index in [9.17, 15) is 57.9 Å². The molecular formula is C37H7N11. The standard InChI is InChI=1S/C37H7N11/c38-8-21-3-1-19(5-23(21)10-40)32-29(16-46)27-7-28-34(25(12-42)13-43)33(20-2-4-22(9-39)24(6-20)11-41)30(17-47)36(28)31(18-48)37(27)35(32)26(14-44)15-45/h1-7H. The molecule has 0 spiro atoms. The van der Waals surface area contributed by atoms with Gasteiger partial charge in [0.1, 0.15) is 77.9 Å². The van der Waals surface area contributed by atoms with Gasteiger partial charge in [-0.3, -0.25) is 0 Å². The second-order valence-corrected chi connectivity index (χ2v) is 9.85. The predicted molar refractivity (Wildman–Crippen MR) is 164 cm³/mol. The van der Waals surface area contributed by atoms with E-state index in [1.54, 1.807) is 12.1 Å². The van der Waals surface area contributed by atoms with Crippen LogP contribution in [0.2, 0.25) is 0 Å². The molecule has 48 heavy (non-hydrogen) atoms. The van der Waals surface area contributed by atoms with Crippen LogP contribution in [0.15, 0.2) is 53.6 Å². The van der Waals surface area contributed by atoms with Gasteiger partial charge in [0.25, 0.3) is 0 Å². The van der Waals surface area contributed by atoms with E-state index >= 15 is 0 Å². The highest BCUT2D eigenvalue weighted by molar-refractivity contribution is 6.31. The molecule has 0 bridgehead atoms. The van der Waals surface area contributed by atoms with Crippen LogP contribution in [0, 0.1) is 125 Å². The predicted octanol–water partition coefficient (Wildman–Crippen LogP) is 5.54. The van der Waals surface area contributed by atoms with Crippen molar-refractivity contribution < 1.29 is 0 Å². The molecule has 5 rings (SSSR count). The van der Waals surface area contributed by atoms with Crippen molar-refractivity contribution in [2.45, 2.75) is 0 Å².